The first-order valence-corrected chi connectivity index (χ1v) is 7.94. The minimum atomic E-state index is 0.155. The number of carbonyl (C=O) groups is 1. The van der Waals surface area contributed by atoms with Crippen molar-refractivity contribution in [2.45, 2.75) is 52.0 Å². The largest absolute Gasteiger partial charge is 0.358 e. The third-order valence-electron chi connectivity index (χ3n) is 5.00. The highest BCUT2D eigenvalue weighted by Crippen LogP contribution is 2.25. The Morgan fingerprint density at radius 3 is 2.62 bits per heavy atom. The molecule has 1 N–H and O–H groups in total. The molecular weight excluding hydrogens is 260 g/mol. The molecule has 1 aromatic heterocycles. The quantitative estimate of drug-likeness (QED) is 0.882. The Hall–Kier alpha value is -1.77. The highest BCUT2D eigenvalue weighted by atomic mass is 16.2. The fourth-order valence-corrected chi connectivity index (χ4v) is 3.43. The summed E-state index contributed by atoms with van der Waals surface area (Å²) in [4.78, 5) is 18.0. The van der Waals surface area contributed by atoms with Crippen molar-refractivity contribution in [2.24, 2.45) is 0 Å². The van der Waals surface area contributed by atoms with Gasteiger partial charge in [0.15, 0.2) is 0 Å². The molecule has 1 fully saturated rings. The van der Waals surface area contributed by atoms with Crippen molar-refractivity contribution in [2.75, 3.05) is 7.05 Å². The standard InChI is InChI=1S/C18H24N2O/c1-12-13(2)19-17-10-9-14(11-16(12)17)18(21)20(3)15-7-5-4-6-8-15/h9-11,15,19H,4-8H2,1-3H3. The van der Waals surface area contributed by atoms with Crippen molar-refractivity contribution in [3.8, 4) is 0 Å². The van der Waals surface area contributed by atoms with E-state index < -0.39 is 0 Å². The average Bonchev–Trinajstić information content (AvgIpc) is 2.81. The Kier molecular flexibility index (Phi) is 3.75. The Morgan fingerprint density at radius 2 is 1.90 bits per heavy atom. The van der Waals surface area contributed by atoms with Crippen LogP contribution in [0.2, 0.25) is 0 Å². The van der Waals surface area contributed by atoms with E-state index in [4.69, 9.17) is 0 Å². The summed E-state index contributed by atoms with van der Waals surface area (Å²) in [6.45, 7) is 4.18. The molecule has 2 aromatic rings. The van der Waals surface area contributed by atoms with Crippen LogP contribution in [0.5, 0.6) is 0 Å². The van der Waals surface area contributed by atoms with Crippen LogP contribution in [0.4, 0.5) is 0 Å². The molecule has 0 aliphatic heterocycles. The Morgan fingerprint density at radius 1 is 1.19 bits per heavy atom. The van der Waals surface area contributed by atoms with Crippen molar-refractivity contribution in [1.82, 2.24) is 9.88 Å². The molecule has 1 aromatic carbocycles. The summed E-state index contributed by atoms with van der Waals surface area (Å²) < 4.78 is 0. The lowest BCUT2D eigenvalue weighted by Crippen LogP contribution is -2.38. The first-order chi connectivity index (χ1) is 10.1. The molecule has 0 spiro atoms. The zero-order valence-corrected chi connectivity index (χ0v) is 13.2. The van der Waals surface area contributed by atoms with Crippen LogP contribution in [-0.4, -0.2) is 28.9 Å². The van der Waals surface area contributed by atoms with E-state index in [9.17, 15) is 4.79 Å². The fraction of sp³-hybridized carbons (Fsp3) is 0.500. The number of aryl methyl sites for hydroxylation is 2. The van der Waals surface area contributed by atoms with Gasteiger partial charge in [-0.25, -0.2) is 0 Å². The minimum Gasteiger partial charge on any atom is -0.358 e. The number of nitrogens with zero attached hydrogens (tertiary/aromatic N) is 1. The van der Waals surface area contributed by atoms with Crippen LogP contribution in [0.15, 0.2) is 18.2 Å². The monoisotopic (exact) mass is 284 g/mol. The van der Waals surface area contributed by atoms with Gasteiger partial charge in [0, 0.05) is 35.2 Å². The second-order valence-electron chi connectivity index (χ2n) is 6.34. The van der Waals surface area contributed by atoms with E-state index in [1.807, 2.05) is 30.1 Å². The predicted octanol–water partition coefficient (Wildman–Crippen LogP) is 4.19. The lowest BCUT2D eigenvalue weighted by atomic mass is 9.94. The van der Waals surface area contributed by atoms with Gasteiger partial charge in [-0.1, -0.05) is 19.3 Å². The number of benzene rings is 1. The third-order valence-corrected chi connectivity index (χ3v) is 5.00. The van der Waals surface area contributed by atoms with Gasteiger partial charge in [0.25, 0.3) is 5.91 Å². The molecule has 3 nitrogen and oxygen atoms in total. The third kappa shape index (κ3) is 2.57. The molecule has 1 aliphatic carbocycles. The van der Waals surface area contributed by atoms with Gasteiger partial charge >= 0.3 is 0 Å². The first kappa shape index (κ1) is 14.2. The van der Waals surface area contributed by atoms with Crippen LogP contribution in [0, 0.1) is 13.8 Å². The molecule has 3 heteroatoms. The molecule has 0 bridgehead atoms. The summed E-state index contributed by atoms with van der Waals surface area (Å²) in [6.07, 6.45) is 6.10. The van der Waals surface area contributed by atoms with Crippen molar-refractivity contribution < 1.29 is 4.79 Å². The van der Waals surface area contributed by atoms with E-state index in [0.29, 0.717) is 6.04 Å². The Bertz CT molecular complexity index is 665. The number of hydrogen-bond donors (Lipinski definition) is 1. The van der Waals surface area contributed by atoms with E-state index in [0.717, 1.165) is 29.3 Å². The van der Waals surface area contributed by atoms with E-state index in [1.165, 1.54) is 30.5 Å². The predicted molar refractivity (Wildman–Crippen MR) is 86.7 cm³/mol. The van der Waals surface area contributed by atoms with Gasteiger partial charge in [-0.3, -0.25) is 4.79 Å². The molecular formula is C18H24N2O. The van der Waals surface area contributed by atoms with Crippen LogP contribution in [0.25, 0.3) is 10.9 Å². The topological polar surface area (TPSA) is 36.1 Å². The molecule has 3 rings (SSSR count). The number of nitrogens with one attached hydrogen (secondary N) is 1. The average molecular weight is 284 g/mol. The summed E-state index contributed by atoms with van der Waals surface area (Å²) in [7, 11) is 1.96. The summed E-state index contributed by atoms with van der Waals surface area (Å²) in [5, 5.41) is 1.16. The van der Waals surface area contributed by atoms with E-state index in [1.54, 1.807) is 0 Å². The van der Waals surface area contributed by atoms with Gasteiger partial charge < -0.3 is 9.88 Å². The van der Waals surface area contributed by atoms with Crippen molar-refractivity contribution >= 4 is 16.8 Å². The number of amides is 1. The maximum Gasteiger partial charge on any atom is 0.253 e. The lowest BCUT2D eigenvalue weighted by molar-refractivity contribution is 0.0696. The Balaban J connectivity index is 1.88. The second kappa shape index (κ2) is 5.55. The van der Waals surface area contributed by atoms with Gasteiger partial charge in [-0.05, 0) is 50.5 Å². The number of aromatic amines is 1. The highest BCUT2D eigenvalue weighted by Gasteiger charge is 2.23. The highest BCUT2D eigenvalue weighted by molar-refractivity contribution is 5.99. The first-order valence-electron chi connectivity index (χ1n) is 7.94. The molecule has 0 unspecified atom stereocenters. The molecule has 0 saturated heterocycles. The molecule has 21 heavy (non-hydrogen) atoms. The number of aromatic nitrogens is 1. The molecule has 1 amide bonds. The van der Waals surface area contributed by atoms with Crippen molar-refractivity contribution in [1.29, 1.82) is 0 Å². The van der Waals surface area contributed by atoms with E-state index in [2.05, 4.69) is 18.8 Å². The van der Waals surface area contributed by atoms with Crippen molar-refractivity contribution in [3.63, 3.8) is 0 Å². The van der Waals surface area contributed by atoms with Gasteiger partial charge in [0.05, 0.1) is 0 Å². The minimum absolute atomic E-state index is 0.155. The SMILES string of the molecule is Cc1[nH]c2ccc(C(=O)N(C)C3CCCCC3)cc2c1C. The summed E-state index contributed by atoms with van der Waals surface area (Å²) in [5.41, 5.74) is 4.33. The fourth-order valence-electron chi connectivity index (χ4n) is 3.43. The number of fused-ring (bicyclic) bond motifs is 1. The number of rotatable bonds is 2. The smallest absolute Gasteiger partial charge is 0.253 e. The maximum absolute atomic E-state index is 12.7. The lowest BCUT2D eigenvalue weighted by Gasteiger charge is -2.31. The second-order valence-corrected chi connectivity index (χ2v) is 6.34. The maximum atomic E-state index is 12.7. The molecule has 0 atom stereocenters. The molecule has 1 saturated carbocycles. The van der Waals surface area contributed by atoms with Crippen LogP contribution in [0.3, 0.4) is 0 Å². The normalized spacial score (nSPS) is 16.3. The van der Waals surface area contributed by atoms with Gasteiger partial charge in [-0.15, -0.1) is 0 Å². The van der Waals surface area contributed by atoms with Crippen LogP contribution < -0.4 is 0 Å². The van der Waals surface area contributed by atoms with E-state index >= 15 is 0 Å². The Labute approximate surface area is 126 Å². The van der Waals surface area contributed by atoms with Gasteiger partial charge in [0.1, 0.15) is 0 Å². The van der Waals surface area contributed by atoms with Crippen molar-refractivity contribution in [3.05, 3.63) is 35.0 Å². The number of H-pyrrole nitrogens is 1. The van der Waals surface area contributed by atoms with Gasteiger partial charge in [-0.2, -0.15) is 0 Å². The van der Waals surface area contributed by atoms with Crippen LogP contribution >= 0.6 is 0 Å². The van der Waals surface area contributed by atoms with E-state index in [-0.39, 0.29) is 5.91 Å². The molecule has 0 radical (unpaired) electrons. The molecule has 1 heterocycles. The molecule has 112 valence electrons. The summed E-state index contributed by atoms with van der Waals surface area (Å²) in [6, 6.07) is 6.42. The van der Waals surface area contributed by atoms with Crippen LogP contribution in [0.1, 0.15) is 53.7 Å². The number of carbonyl (C=O) groups excluding carboxylic acids is 1. The van der Waals surface area contributed by atoms with Gasteiger partial charge in [0.2, 0.25) is 0 Å². The number of hydrogen-bond acceptors (Lipinski definition) is 1. The summed E-state index contributed by atoms with van der Waals surface area (Å²) >= 11 is 0. The summed E-state index contributed by atoms with van der Waals surface area (Å²) in [5.74, 6) is 0.155. The zero-order chi connectivity index (χ0) is 15.0. The molecule has 1 aliphatic rings. The van der Waals surface area contributed by atoms with Crippen LogP contribution in [-0.2, 0) is 0 Å². The zero-order valence-electron chi connectivity index (χ0n) is 13.2.